The van der Waals surface area contributed by atoms with E-state index in [-0.39, 0.29) is 11.8 Å². The van der Waals surface area contributed by atoms with Gasteiger partial charge in [-0.2, -0.15) is 0 Å². The molecule has 0 aliphatic carbocycles. The lowest BCUT2D eigenvalue weighted by Crippen LogP contribution is -2.46. The summed E-state index contributed by atoms with van der Waals surface area (Å²) in [6.07, 6.45) is 3.54. The van der Waals surface area contributed by atoms with Gasteiger partial charge in [-0.25, -0.2) is 9.78 Å². The van der Waals surface area contributed by atoms with Crippen molar-refractivity contribution in [1.29, 1.82) is 0 Å². The van der Waals surface area contributed by atoms with Crippen LogP contribution in [0.1, 0.15) is 17.3 Å². The standard InChI is InChI=1S/C19H20N4O2/c1-3-10-22-11-12-23(17-8-5-9-20-18(17)22)19(25)21-16-7-4-6-15(13-16)14(2)24/h3-9,13H,1,10-12H2,2H3,(H,21,25). The molecule has 1 N–H and O–H groups in total. The van der Waals surface area contributed by atoms with E-state index in [1.807, 2.05) is 18.2 Å². The Morgan fingerprint density at radius 3 is 2.88 bits per heavy atom. The summed E-state index contributed by atoms with van der Waals surface area (Å²) in [5.74, 6) is 0.727. The smallest absolute Gasteiger partial charge is 0.326 e. The van der Waals surface area contributed by atoms with Crippen molar-refractivity contribution in [3.8, 4) is 0 Å². The van der Waals surface area contributed by atoms with Crippen LogP contribution < -0.4 is 15.1 Å². The zero-order chi connectivity index (χ0) is 17.8. The second-order valence-electron chi connectivity index (χ2n) is 5.80. The van der Waals surface area contributed by atoms with E-state index in [1.54, 1.807) is 35.4 Å². The summed E-state index contributed by atoms with van der Waals surface area (Å²) in [6, 6.07) is 10.4. The number of aromatic nitrogens is 1. The maximum Gasteiger partial charge on any atom is 0.326 e. The van der Waals surface area contributed by atoms with Gasteiger partial charge in [0.25, 0.3) is 0 Å². The number of carbonyl (C=O) groups excluding carboxylic acids is 2. The second kappa shape index (κ2) is 7.17. The van der Waals surface area contributed by atoms with Crippen LogP contribution in [0.3, 0.4) is 0 Å². The number of urea groups is 1. The number of hydrogen-bond donors (Lipinski definition) is 1. The first-order valence-corrected chi connectivity index (χ1v) is 8.10. The van der Waals surface area contributed by atoms with Crippen LogP contribution in [0.5, 0.6) is 0 Å². The number of nitrogens with one attached hydrogen (secondary N) is 1. The zero-order valence-corrected chi connectivity index (χ0v) is 14.1. The summed E-state index contributed by atoms with van der Waals surface area (Å²) < 4.78 is 0. The van der Waals surface area contributed by atoms with E-state index in [9.17, 15) is 9.59 Å². The maximum absolute atomic E-state index is 12.7. The van der Waals surface area contributed by atoms with E-state index in [4.69, 9.17) is 0 Å². The molecule has 2 aromatic rings. The second-order valence-corrected chi connectivity index (χ2v) is 5.80. The van der Waals surface area contributed by atoms with Crippen molar-refractivity contribution < 1.29 is 9.59 Å². The fraction of sp³-hybridized carbons (Fsp3) is 0.211. The van der Waals surface area contributed by atoms with E-state index < -0.39 is 0 Å². The van der Waals surface area contributed by atoms with Crippen LogP contribution in [0.25, 0.3) is 0 Å². The molecule has 6 nitrogen and oxygen atoms in total. The normalized spacial score (nSPS) is 13.2. The Kier molecular flexibility index (Phi) is 4.79. The lowest BCUT2D eigenvalue weighted by molar-refractivity contribution is 0.101. The molecule has 25 heavy (non-hydrogen) atoms. The van der Waals surface area contributed by atoms with Crippen molar-refractivity contribution in [2.45, 2.75) is 6.92 Å². The summed E-state index contributed by atoms with van der Waals surface area (Å²) in [5.41, 5.74) is 1.92. The molecule has 1 aliphatic heterocycles. The molecule has 0 unspecified atom stereocenters. The van der Waals surface area contributed by atoms with Crippen LogP contribution in [-0.4, -0.2) is 36.4 Å². The van der Waals surface area contributed by atoms with E-state index in [2.05, 4.69) is 21.8 Å². The number of pyridine rings is 1. The third kappa shape index (κ3) is 3.52. The molecule has 0 atom stereocenters. The van der Waals surface area contributed by atoms with Gasteiger partial charge in [0.2, 0.25) is 0 Å². The van der Waals surface area contributed by atoms with Gasteiger partial charge in [-0.05, 0) is 31.2 Å². The van der Waals surface area contributed by atoms with Crippen LogP contribution >= 0.6 is 0 Å². The third-order valence-electron chi connectivity index (χ3n) is 4.06. The summed E-state index contributed by atoms with van der Waals surface area (Å²) in [4.78, 5) is 32.4. The molecule has 0 saturated heterocycles. The number of nitrogens with zero attached hydrogens (tertiary/aromatic N) is 3. The Bertz CT molecular complexity index is 819. The molecular weight excluding hydrogens is 316 g/mol. The predicted molar refractivity (Wildman–Crippen MR) is 99.5 cm³/mol. The number of hydrogen-bond acceptors (Lipinski definition) is 4. The molecule has 128 valence electrons. The fourth-order valence-electron chi connectivity index (χ4n) is 2.84. The maximum atomic E-state index is 12.7. The molecule has 6 heteroatoms. The number of benzene rings is 1. The summed E-state index contributed by atoms with van der Waals surface area (Å²) in [6.45, 7) is 7.18. The lowest BCUT2D eigenvalue weighted by atomic mass is 10.1. The number of fused-ring (bicyclic) bond motifs is 1. The van der Waals surface area contributed by atoms with Crippen molar-refractivity contribution >= 4 is 29.0 Å². The topological polar surface area (TPSA) is 65.5 Å². The van der Waals surface area contributed by atoms with Gasteiger partial charge >= 0.3 is 6.03 Å². The molecule has 0 saturated carbocycles. The molecular formula is C19H20N4O2. The quantitative estimate of drug-likeness (QED) is 0.687. The molecule has 2 heterocycles. The lowest BCUT2D eigenvalue weighted by Gasteiger charge is -2.36. The van der Waals surface area contributed by atoms with Gasteiger partial charge in [0, 0.05) is 37.1 Å². The molecule has 0 radical (unpaired) electrons. The largest absolute Gasteiger partial charge is 0.349 e. The van der Waals surface area contributed by atoms with Gasteiger partial charge in [-0.15, -0.1) is 6.58 Å². The van der Waals surface area contributed by atoms with Gasteiger partial charge < -0.3 is 10.2 Å². The summed E-state index contributed by atoms with van der Waals surface area (Å²) >= 11 is 0. The highest BCUT2D eigenvalue weighted by Crippen LogP contribution is 2.31. The molecule has 0 fully saturated rings. The average Bonchev–Trinajstić information content (AvgIpc) is 2.62. The summed E-state index contributed by atoms with van der Waals surface area (Å²) in [7, 11) is 0. The number of ketones is 1. The van der Waals surface area contributed by atoms with Gasteiger partial charge in [-0.3, -0.25) is 9.69 Å². The SMILES string of the molecule is C=CCN1CCN(C(=O)Nc2cccc(C(C)=O)c2)c2cccnc21. The van der Waals surface area contributed by atoms with E-state index >= 15 is 0 Å². The molecule has 1 aromatic heterocycles. The Balaban J connectivity index is 1.83. The van der Waals surface area contributed by atoms with Crippen molar-refractivity contribution in [2.24, 2.45) is 0 Å². The Morgan fingerprint density at radius 2 is 2.12 bits per heavy atom. The zero-order valence-electron chi connectivity index (χ0n) is 14.1. The van der Waals surface area contributed by atoms with Crippen LogP contribution in [0.15, 0.2) is 55.3 Å². The number of Topliss-reactive ketones (excluding diaryl/α,β-unsaturated/α-hetero) is 1. The Morgan fingerprint density at radius 1 is 1.28 bits per heavy atom. The number of rotatable bonds is 4. The number of anilines is 3. The molecule has 1 aliphatic rings. The van der Waals surface area contributed by atoms with Crippen LogP contribution in [0.2, 0.25) is 0 Å². The first kappa shape index (κ1) is 16.7. The minimum atomic E-state index is -0.242. The molecule has 0 spiro atoms. The third-order valence-corrected chi connectivity index (χ3v) is 4.06. The predicted octanol–water partition coefficient (Wildman–Crippen LogP) is 3.33. The first-order chi connectivity index (χ1) is 12.1. The molecule has 1 aromatic carbocycles. The summed E-state index contributed by atoms with van der Waals surface area (Å²) in [5, 5.41) is 2.86. The average molecular weight is 336 g/mol. The van der Waals surface area contributed by atoms with Crippen LogP contribution in [0, 0.1) is 0 Å². The van der Waals surface area contributed by atoms with Crippen LogP contribution in [-0.2, 0) is 0 Å². The molecule has 3 rings (SSSR count). The van der Waals surface area contributed by atoms with E-state index in [0.717, 1.165) is 11.5 Å². The number of amides is 2. The van der Waals surface area contributed by atoms with Gasteiger partial charge in [-0.1, -0.05) is 18.2 Å². The molecule has 2 amide bonds. The highest BCUT2D eigenvalue weighted by Gasteiger charge is 2.27. The molecule has 0 bridgehead atoms. The van der Waals surface area contributed by atoms with E-state index in [0.29, 0.717) is 30.9 Å². The fourth-order valence-corrected chi connectivity index (χ4v) is 2.84. The van der Waals surface area contributed by atoms with Crippen molar-refractivity contribution in [3.63, 3.8) is 0 Å². The highest BCUT2D eigenvalue weighted by molar-refractivity contribution is 6.05. The first-order valence-electron chi connectivity index (χ1n) is 8.10. The monoisotopic (exact) mass is 336 g/mol. The Labute approximate surface area is 146 Å². The van der Waals surface area contributed by atoms with Crippen molar-refractivity contribution in [2.75, 3.05) is 34.8 Å². The van der Waals surface area contributed by atoms with Crippen LogP contribution in [0.4, 0.5) is 22.0 Å². The van der Waals surface area contributed by atoms with E-state index in [1.165, 1.54) is 6.92 Å². The highest BCUT2D eigenvalue weighted by atomic mass is 16.2. The Hall–Kier alpha value is -3.15. The van der Waals surface area contributed by atoms with Gasteiger partial charge in [0.05, 0.1) is 5.69 Å². The minimum Gasteiger partial charge on any atom is -0.349 e. The van der Waals surface area contributed by atoms with Crippen molar-refractivity contribution in [3.05, 3.63) is 60.8 Å². The van der Waals surface area contributed by atoms with Gasteiger partial charge in [0.1, 0.15) is 0 Å². The minimum absolute atomic E-state index is 0.0383. The van der Waals surface area contributed by atoms with Gasteiger partial charge in [0.15, 0.2) is 11.6 Å². The number of carbonyl (C=O) groups is 2. The van der Waals surface area contributed by atoms with Crippen molar-refractivity contribution in [1.82, 2.24) is 4.98 Å².